The number of esters is 1. The highest BCUT2D eigenvalue weighted by Gasteiger charge is 2.29. The van der Waals surface area contributed by atoms with E-state index < -0.39 is 0 Å². The molecule has 0 amide bonds. The van der Waals surface area contributed by atoms with Gasteiger partial charge in [-0.3, -0.25) is 9.69 Å². The third-order valence-corrected chi connectivity index (χ3v) is 4.45. The normalized spacial score (nSPS) is 29.0. The van der Waals surface area contributed by atoms with Gasteiger partial charge in [-0.2, -0.15) is 0 Å². The summed E-state index contributed by atoms with van der Waals surface area (Å²) in [5.41, 5.74) is 0. The van der Waals surface area contributed by atoms with Crippen molar-refractivity contribution in [3.8, 4) is 0 Å². The molecule has 3 unspecified atom stereocenters. The predicted octanol–water partition coefficient (Wildman–Crippen LogP) is 1.42. The Labute approximate surface area is 128 Å². The maximum absolute atomic E-state index is 11.9. The Balaban J connectivity index is 1.72. The van der Waals surface area contributed by atoms with Crippen LogP contribution in [-0.2, 0) is 14.3 Å². The van der Waals surface area contributed by atoms with Crippen LogP contribution in [0.15, 0.2) is 0 Å². The lowest BCUT2D eigenvalue weighted by molar-refractivity contribution is -0.149. The molecule has 1 saturated heterocycles. The fourth-order valence-electron chi connectivity index (χ4n) is 3.44. The summed E-state index contributed by atoms with van der Waals surface area (Å²) in [6, 6.07) is 0.901. The topological polar surface area (TPSA) is 50.8 Å². The van der Waals surface area contributed by atoms with Gasteiger partial charge in [-0.25, -0.2) is 0 Å². The Kier molecular flexibility index (Phi) is 6.93. The first-order chi connectivity index (χ1) is 10.2. The molecule has 0 bridgehead atoms. The van der Waals surface area contributed by atoms with E-state index in [4.69, 9.17) is 9.47 Å². The van der Waals surface area contributed by atoms with Gasteiger partial charge in [0.25, 0.3) is 0 Å². The monoisotopic (exact) mass is 298 g/mol. The Morgan fingerprint density at radius 1 is 1.38 bits per heavy atom. The first kappa shape index (κ1) is 16.7. The zero-order valence-electron chi connectivity index (χ0n) is 13.5. The van der Waals surface area contributed by atoms with Crippen molar-refractivity contribution < 1.29 is 14.3 Å². The van der Waals surface area contributed by atoms with E-state index in [2.05, 4.69) is 17.1 Å². The summed E-state index contributed by atoms with van der Waals surface area (Å²) in [4.78, 5) is 14.3. The first-order valence-corrected chi connectivity index (χ1v) is 8.41. The summed E-state index contributed by atoms with van der Waals surface area (Å²) in [5.74, 6) is 0.0802. The zero-order valence-corrected chi connectivity index (χ0v) is 13.5. The van der Waals surface area contributed by atoms with Crippen LogP contribution in [0.1, 0.15) is 39.5 Å². The lowest BCUT2D eigenvalue weighted by atomic mass is 9.85. The second-order valence-corrected chi connectivity index (χ2v) is 6.29. The molecule has 21 heavy (non-hydrogen) atoms. The van der Waals surface area contributed by atoms with Gasteiger partial charge in [0.15, 0.2) is 0 Å². The molecule has 2 rings (SSSR count). The van der Waals surface area contributed by atoms with E-state index in [0.29, 0.717) is 18.7 Å². The van der Waals surface area contributed by atoms with E-state index in [9.17, 15) is 4.79 Å². The molecule has 0 aromatic rings. The summed E-state index contributed by atoms with van der Waals surface area (Å²) >= 11 is 0. The summed E-state index contributed by atoms with van der Waals surface area (Å²) < 4.78 is 10.5. The minimum atomic E-state index is -0.00941. The van der Waals surface area contributed by atoms with Crippen molar-refractivity contribution in [2.75, 3.05) is 39.5 Å². The Hall–Kier alpha value is -0.650. The number of carbonyl (C=O) groups is 1. The lowest BCUT2D eigenvalue weighted by Crippen LogP contribution is -2.48. The summed E-state index contributed by atoms with van der Waals surface area (Å²) in [5, 5.41) is 3.70. The molecule has 5 nitrogen and oxygen atoms in total. The second-order valence-electron chi connectivity index (χ2n) is 6.29. The Bertz CT molecular complexity index is 319. The highest BCUT2D eigenvalue weighted by atomic mass is 16.5. The van der Waals surface area contributed by atoms with Crippen molar-refractivity contribution in [2.24, 2.45) is 5.92 Å². The molecule has 1 saturated carbocycles. The molecule has 5 heteroatoms. The number of hydrogen-bond acceptors (Lipinski definition) is 5. The molecule has 0 spiro atoms. The molecule has 1 heterocycles. The van der Waals surface area contributed by atoms with Crippen molar-refractivity contribution in [1.29, 1.82) is 0 Å². The van der Waals surface area contributed by atoms with E-state index in [1.807, 2.05) is 6.92 Å². The second kappa shape index (κ2) is 8.71. The maximum atomic E-state index is 11.9. The van der Waals surface area contributed by atoms with Gasteiger partial charge < -0.3 is 14.8 Å². The lowest BCUT2D eigenvalue weighted by Gasteiger charge is -2.34. The standard InChI is InChI=1S/C16H30N2O3/c1-3-21-16(19)14-5-4-6-15(11-14)17-13(2)12-18-7-9-20-10-8-18/h13-15,17H,3-12H2,1-2H3. The molecular weight excluding hydrogens is 268 g/mol. The largest absolute Gasteiger partial charge is 0.466 e. The van der Waals surface area contributed by atoms with Gasteiger partial charge in [0.05, 0.1) is 25.7 Å². The van der Waals surface area contributed by atoms with Gasteiger partial charge in [0.2, 0.25) is 0 Å². The number of rotatable bonds is 6. The van der Waals surface area contributed by atoms with E-state index >= 15 is 0 Å². The first-order valence-electron chi connectivity index (χ1n) is 8.41. The third-order valence-electron chi connectivity index (χ3n) is 4.45. The quantitative estimate of drug-likeness (QED) is 0.752. The smallest absolute Gasteiger partial charge is 0.308 e. The average Bonchev–Trinajstić information content (AvgIpc) is 2.48. The molecule has 2 fully saturated rings. The fraction of sp³-hybridized carbons (Fsp3) is 0.938. The van der Waals surface area contributed by atoms with E-state index in [-0.39, 0.29) is 11.9 Å². The summed E-state index contributed by atoms with van der Waals surface area (Å²) in [6.45, 7) is 9.42. The Morgan fingerprint density at radius 2 is 2.14 bits per heavy atom. The molecule has 1 aliphatic heterocycles. The molecule has 122 valence electrons. The van der Waals surface area contributed by atoms with Crippen molar-refractivity contribution >= 4 is 5.97 Å². The van der Waals surface area contributed by atoms with E-state index in [1.54, 1.807) is 0 Å². The van der Waals surface area contributed by atoms with Crippen molar-refractivity contribution in [2.45, 2.75) is 51.6 Å². The van der Waals surface area contributed by atoms with Crippen LogP contribution >= 0.6 is 0 Å². The van der Waals surface area contributed by atoms with Gasteiger partial charge in [-0.15, -0.1) is 0 Å². The molecule has 0 aromatic heterocycles. The number of carbonyl (C=O) groups excluding carboxylic acids is 1. The predicted molar refractivity (Wildman–Crippen MR) is 82.2 cm³/mol. The Morgan fingerprint density at radius 3 is 2.86 bits per heavy atom. The van der Waals surface area contributed by atoms with Crippen LogP contribution < -0.4 is 5.32 Å². The van der Waals surface area contributed by atoms with Crippen molar-refractivity contribution in [3.63, 3.8) is 0 Å². The van der Waals surface area contributed by atoms with Crippen LogP contribution in [0, 0.1) is 5.92 Å². The summed E-state index contributed by atoms with van der Waals surface area (Å²) in [7, 11) is 0. The van der Waals surface area contributed by atoms with Crippen LogP contribution in [0.4, 0.5) is 0 Å². The zero-order chi connectivity index (χ0) is 15.1. The van der Waals surface area contributed by atoms with Crippen LogP contribution in [-0.4, -0.2) is 62.4 Å². The highest BCUT2D eigenvalue weighted by molar-refractivity contribution is 5.72. The van der Waals surface area contributed by atoms with Crippen molar-refractivity contribution in [3.05, 3.63) is 0 Å². The minimum Gasteiger partial charge on any atom is -0.466 e. The van der Waals surface area contributed by atoms with Gasteiger partial charge in [0.1, 0.15) is 0 Å². The van der Waals surface area contributed by atoms with Crippen LogP contribution in [0.25, 0.3) is 0 Å². The van der Waals surface area contributed by atoms with Gasteiger partial charge in [0, 0.05) is 31.7 Å². The number of ether oxygens (including phenoxy) is 2. The number of hydrogen-bond donors (Lipinski definition) is 1. The van der Waals surface area contributed by atoms with Crippen LogP contribution in [0.3, 0.4) is 0 Å². The van der Waals surface area contributed by atoms with Gasteiger partial charge in [-0.1, -0.05) is 6.42 Å². The molecular formula is C16H30N2O3. The molecule has 3 atom stereocenters. The minimum absolute atomic E-state index is 0.00941. The van der Waals surface area contributed by atoms with Crippen LogP contribution in [0.5, 0.6) is 0 Å². The van der Waals surface area contributed by atoms with Crippen LogP contribution in [0.2, 0.25) is 0 Å². The fourth-order valence-corrected chi connectivity index (χ4v) is 3.44. The number of nitrogens with one attached hydrogen (secondary N) is 1. The molecule has 1 aliphatic carbocycles. The molecule has 2 aliphatic rings. The van der Waals surface area contributed by atoms with E-state index in [0.717, 1.165) is 52.1 Å². The van der Waals surface area contributed by atoms with Gasteiger partial charge >= 0.3 is 5.97 Å². The average molecular weight is 298 g/mol. The highest BCUT2D eigenvalue weighted by Crippen LogP contribution is 2.25. The van der Waals surface area contributed by atoms with Crippen molar-refractivity contribution in [1.82, 2.24) is 10.2 Å². The number of morpholine rings is 1. The third kappa shape index (κ3) is 5.57. The van der Waals surface area contributed by atoms with Gasteiger partial charge in [-0.05, 0) is 33.1 Å². The molecule has 1 N–H and O–H groups in total. The summed E-state index contributed by atoms with van der Waals surface area (Å²) in [6.07, 6.45) is 4.19. The number of nitrogens with zero attached hydrogens (tertiary/aromatic N) is 1. The SMILES string of the molecule is CCOC(=O)C1CCCC(NC(C)CN2CCOCC2)C1. The molecule has 0 aromatic carbocycles. The maximum Gasteiger partial charge on any atom is 0.308 e. The molecule has 0 radical (unpaired) electrons. The van der Waals surface area contributed by atoms with E-state index in [1.165, 1.54) is 6.42 Å².